The van der Waals surface area contributed by atoms with E-state index < -0.39 is 6.04 Å². The number of aromatic amines is 1. The summed E-state index contributed by atoms with van der Waals surface area (Å²) in [4.78, 5) is 32.9. The number of amides is 1. The Morgan fingerprint density at radius 1 is 1.22 bits per heavy atom. The minimum absolute atomic E-state index is 0.00457. The molecule has 4 N–H and O–H groups in total. The summed E-state index contributed by atoms with van der Waals surface area (Å²) in [6, 6.07) is 10.3. The third kappa shape index (κ3) is 6.57. The number of anilines is 1. The number of nitrogens with one attached hydrogen (secondary N) is 4. The van der Waals surface area contributed by atoms with Gasteiger partial charge in [-0.2, -0.15) is 0 Å². The highest BCUT2D eigenvalue weighted by molar-refractivity contribution is 6.33. The van der Waals surface area contributed by atoms with E-state index in [1.54, 1.807) is 36.7 Å². The van der Waals surface area contributed by atoms with E-state index in [4.69, 9.17) is 27.9 Å². The molecule has 0 saturated carbocycles. The lowest BCUT2D eigenvalue weighted by Crippen LogP contribution is -2.33. The molecule has 0 spiro atoms. The van der Waals surface area contributed by atoms with Gasteiger partial charge in [-0.15, -0.1) is 0 Å². The Hall–Kier alpha value is -3.07. The Labute approximate surface area is 220 Å². The number of hydrogen-bond donors (Lipinski definition) is 4. The zero-order chi connectivity index (χ0) is 25.7. The quantitative estimate of drug-likeness (QED) is 0.295. The molecule has 1 aliphatic rings. The minimum Gasteiger partial charge on any atom is -0.463 e. The summed E-state index contributed by atoms with van der Waals surface area (Å²) in [5.74, 6) is -0.110. The van der Waals surface area contributed by atoms with Gasteiger partial charge in [0, 0.05) is 41.1 Å². The molecule has 4 rings (SSSR count). The summed E-state index contributed by atoms with van der Waals surface area (Å²) in [5.41, 5.74) is 2.57. The van der Waals surface area contributed by atoms with E-state index >= 15 is 0 Å². The van der Waals surface area contributed by atoms with Crippen molar-refractivity contribution in [3.63, 3.8) is 0 Å². The molecule has 1 saturated heterocycles. The Morgan fingerprint density at radius 3 is 2.78 bits per heavy atom. The van der Waals surface area contributed by atoms with Gasteiger partial charge in [-0.05, 0) is 56.6 Å². The van der Waals surface area contributed by atoms with Crippen LogP contribution in [-0.4, -0.2) is 47.6 Å². The van der Waals surface area contributed by atoms with E-state index in [1.807, 2.05) is 26.0 Å². The van der Waals surface area contributed by atoms with Gasteiger partial charge in [0.1, 0.15) is 18.1 Å². The topological polar surface area (TPSA) is 108 Å². The second-order valence-corrected chi connectivity index (χ2v) is 9.89. The average Bonchev–Trinajstić information content (AvgIpc) is 3.55. The van der Waals surface area contributed by atoms with Gasteiger partial charge in [-0.1, -0.05) is 35.3 Å². The van der Waals surface area contributed by atoms with Gasteiger partial charge in [0.25, 0.3) is 5.91 Å². The molecule has 10 heteroatoms. The van der Waals surface area contributed by atoms with Crippen molar-refractivity contribution in [1.82, 2.24) is 20.6 Å². The van der Waals surface area contributed by atoms with E-state index in [-0.39, 0.29) is 30.4 Å². The summed E-state index contributed by atoms with van der Waals surface area (Å²) in [6.45, 7) is 5.43. The van der Waals surface area contributed by atoms with Gasteiger partial charge in [-0.3, -0.25) is 9.59 Å². The summed E-state index contributed by atoms with van der Waals surface area (Å²) in [7, 11) is 0. The largest absolute Gasteiger partial charge is 0.463 e. The first-order chi connectivity index (χ1) is 17.3. The molecule has 36 heavy (non-hydrogen) atoms. The number of benzene rings is 1. The van der Waals surface area contributed by atoms with Crippen LogP contribution in [0.4, 0.5) is 5.82 Å². The fourth-order valence-corrected chi connectivity index (χ4v) is 4.45. The summed E-state index contributed by atoms with van der Waals surface area (Å²) >= 11 is 12.6. The summed E-state index contributed by atoms with van der Waals surface area (Å²) < 4.78 is 5.58. The standard InChI is InChI=1S/C26H29Cl2N5O3/c1-15(2)32-24-10-20(21(28)13-31-24)18-9-22(30-12-18)25(34)33-23(16-4-3-5-19(27)8-16)14-36-26(35)17-6-7-29-11-17/h3-5,8-10,12-13,15,17,23,29-30H,6-7,11,14H2,1-2H3,(H,31,32)(H,33,34)/t17?,23-/m1/s1. The molecule has 0 bridgehead atoms. The van der Waals surface area contributed by atoms with Gasteiger partial charge < -0.3 is 25.7 Å². The van der Waals surface area contributed by atoms with Crippen LogP contribution in [0.2, 0.25) is 10.0 Å². The van der Waals surface area contributed by atoms with Crippen molar-refractivity contribution in [1.29, 1.82) is 0 Å². The van der Waals surface area contributed by atoms with Crippen LogP contribution in [0.15, 0.2) is 48.8 Å². The Morgan fingerprint density at radius 2 is 2.06 bits per heavy atom. The molecular weight excluding hydrogens is 501 g/mol. The van der Waals surface area contributed by atoms with E-state index in [0.717, 1.165) is 29.7 Å². The lowest BCUT2D eigenvalue weighted by molar-refractivity contribution is -0.148. The van der Waals surface area contributed by atoms with Crippen molar-refractivity contribution in [2.45, 2.75) is 32.4 Å². The maximum atomic E-state index is 13.2. The number of halogens is 2. The molecule has 2 atom stereocenters. The number of rotatable bonds is 9. The lowest BCUT2D eigenvalue weighted by atomic mass is 10.1. The number of nitrogens with zero attached hydrogens (tertiary/aromatic N) is 1. The first-order valence-electron chi connectivity index (χ1n) is 11.8. The number of hydrogen-bond acceptors (Lipinski definition) is 6. The van der Waals surface area contributed by atoms with Crippen LogP contribution in [0.5, 0.6) is 0 Å². The van der Waals surface area contributed by atoms with Crippen molar-refractivity contribution >= 4 is 40.9 Å². The summed E-state index contributed by atoms with van der Waals surface area (Å²) in [5, 5.41) is 10.4. The van der Waals surface area contributed by atoms with Crippen LogP contribution in [0.25, 0.3) is 11.1 Å². The van der Waals surface area contributed by atoms with Gasteiger partial charge in [0.15, 0.2) is 0 Å². The molecule has 3 heterocycles. The fourth-order valence-electron chi connectivity index (χ4n) is 4.04. The Bertz CT molecular complexity index is 1220. The number of H-pyrrole nitrogens is 1. The number of esters is 1. The van der Waals surface area contributed by atoms with Crippen LogP contribution >= 0.6 is 23.2 Å². The molecule has 0 aliphatic carbocycles. The van der Waals surface area contributed by atoms with Crippen LogP contribution in [0, 0.1) is 5.92 Å². The van der Waals surface area contributed by atoms with Crippen molar-refractivity contribution in [2.24, 2.45) is 5.92 Å². The Kier molecular flexibility index (Phi) is 8.51. The summed E-state index contributed by atoms with van der Waals surface area (Å²) in [6.07, 6.45) is 4.04. The molecule has 190 valence electrons. The van der Waals surface area contributed by atoms with Gasteiger partial charge in [-0.25, -0.2) is 4.98 Å². The lowest BCUT2D eigenvalue weighted by Gasteiger charge is -2.20. The van der Waals surface area contributed by atoms with E-state index in [0.29, 0.717) is 28.1 Å². The highest BCUT2D eigenvalue weighted by atomic mass is 35.5. The van der Waals surface area contributed by atoms with Crippen LogP contribution in [0.1, 0.15) is 42.4 Å². The number of carbonyl (C=O) groups excluding carboxylic acids is 2. The monoisotopic (exact) mass is 529 g/mol. The third-order valence-electron chi connectivity index (χ3n) is 5.87. The average molecular weight is 530 g/mol. The maximum absolute atomic E-state index is 13.2. The molecule has 1 amide bonds. The van der Waals surface area contributed by atoms with Crippen LogP contribution < -0.4 is 16.0 Å². The van der Waals surface area contributed by atoms with Gasteiger partial charge >= 0.3 is 5.97 Å². The maximum Gasteiger partial charge on any atom is 0.310 e. The van der Waals surface area contributed by atoms with Crippen LogP contribution in [0.3, 0.4) is 0 Å². The number of ether oxygens (including phenoxy) is 1. The molecule has 1 fully saturated rings. The zero-order valence-electron chi connectivity index (χ0n) is 20.1. The van der Waals surface area contributed by atoms with Crippen molar-refractivity contribution in [2.75, 3.05) is 25.0 Å². The highest BCUT2D eigenvalue weighted by Crippen LogP contribution is 2.30. The Balaban J connectivity index is 1.50. The molecule has 0 radical (unpaired) electrons. The first-order valence-corrected chi connectivity index (χ1v) is 12.6. The normalized spacial score (nSPS) is 16.1. The number of aromatic nitrogens is 2. The number of carbonyl (C=O) groups is 2. The smallest absolute Gasteiger partial charge is 0.310 e. The van der Waals surface area contributed by atoms with E-state index in [1.165, 1.54) is 0 Å². The van der Waals surface area contributed by atoms with Crippen molar-refractivity contribution in [3.8, 4) is 11.1 Å². The van der Waals surface area contributed by atoms with Gasteiger partial charge in [0.05, 0.1) is 17.0 Å². The van der Waals surface area contributed by atoms with Gasteiger partial charge in [0.2, 0.25) is 0 Å². The molecule has 1 aromatic carbocycles. The molecule has 1 unspecified atom stereocenters. The van der Waals surface area contributed by atoms with E-state index in [2.05, 4.69) is 25.9 Å². The van der Waals surface area contributed by atoms with E-state index in [9.17, 15) is 9.59 Å². The fraction of sp³-hybridized carbons (Fsp3) is 0.346. The molecule has 8 nitrogen and oxygen atoms in total. The minimum atomic E-state index is -0.576. The molecule has 2 aromatic heterocycles. The third-order valence-corrected chi connectivity index (χ3v) is 6.41. The zero-order valence-corrected chi connectivity index (χ0v) is 21.6. The first kappa shape index (κ1) is 26.0. The predicted molar refractivity (Wildman–Crippen MR) is 141 cm³/mol. The highest BCUT2D eigenvalue weighted by Gasteiger charge is 2.26. The molecular formula is C26H29Cl2N5O3. The molecule has 1 aliphatic heterocycles. The van der Waals surface area contributed by atoms with Crippen molar-refractivity contribution < 1.29 is 14.3 Å². The second-order valence-electron chi connectivity index (χ2n) is 9.05. The molecule has 3 aromatic rings. The van der Waals surface area contributed by atoms with Crippen molar-refractivity contribution in [3.05, 3.63) is 70.1 Å². The predicted octanol–water partition coefficient (Wildman–Crippen LogP) is 4.83. The second kappa shape index (κ2) is 11.8. The SMILES string of the molecule is CC(C)Nc1cc(-c2c[nH]c(C(=O)N[C@H](COC(=O)C3CCNC3)c3cccc(Cl)c3)c2)c(Cl)cn1. The van der Waals surface area contributed by atoms with Crippen LogP contribution in [-0.2, 0) is 9.53 Å². The number of pyridine rings is 1.